The number of hydrogen-bond acceptors (Lipinski definition) is 7. The molecule has 0 unspecified atom stereocenters. The van der Waals surface area contributed by atoms with Crippen molar-refractivity contribution in [3.05, 3.63) is 52.7 Å². The molecule has 0 radical (unpaired) electrons. The predicted molar refractivity (Wildman–Crippen MR) is 122 cm³/mol. The Morgan fingerprint density at radius 3 is 2.65 bits per heavy atom. The predicted octanol–water partition coefficient (Wildman–Crippen LogP) is 4.74. The molecule has 1 saturated heterocycles. The molecule has 10 heteroatoms. The minimum absolute atomic E-state index is 0.279. The molecule has 3 aromatic heterocycles. The van der Waals surface area contributed by atoms with Gasteiger partial charge in [0.1, 0.15) is 11.6 Å². The average Bonchev–Trinajstić information content (AvgIpc) is 3.34. The zero-order valence-corrected chi connectivity index (χ0v) is 18.7. The zero-order chi connectivity index (χ0) is 21.5. The molecule has 31 heavy (non-hydrogen) atoms. The minimum Gasteiger partial charge on any atom is -0.350 e. The van der Waals surface area contributed by atoms with Crippen molar-refractivity contribution in [2.45, 2.75) is 32.7 Å². The fourth-order valence-corrected chi connectivity index (χ4v) is 4.89. The van der Waals surface area contributed by atoms with Gasteiger partial charge in [0, 0.05) is 48.0 Å². The van der Waals surface area contributed by atoms with E-state index in [4.69, 9.17) is 16.6 Å². The van der Waals surface area contributed by atoms with Crippen molar-refractivity contribution >= 4 is 39.9 Å². The molecule has 4 heterocycles. The third-order valence-electron chi connectivity index (χ3n) is 5.41. The quantitative estimate of drug-likeness (QED) is 0.477. The van der Waals surface area contributed by atoms with E-state index in [0.717, 1.165) is 53.6 Å². The van der Waals surface area contributed by atoms with E-state index in [-0.39, 0.29) is 11.9 Å². The lowest BCUT2D eigenvalue weighted by Crippen LogP contribution is -2.39. The molecule has 0 bridgehead atoms. The van der Waals surface area contributed by atoms with Crippen molar-refractivity contribution in [3.8, 4) is 11.1 Å². The van der Waals surface area contributed by atoms with Crippen LogP contribution in [0, 0.1) is 19.7 Å². The molecule has 0 amide bonds. The summed E-state index contributed by atoms with van der Waals surface area (Å²) in [6.07, 6.45) is 3.85. The maximum absolute atomic E-state index is 13.5. The van der Waals surface area contributed by atoms with Crippen LogP contribution in [0.5, 0.6) is 0 Å². The highest BCUT2D eigenvalue weighted by molar-refractivity contribution is 7.09. The molecular weight excluding hydrogens is 437 g/mol. The number of aromatic nitrogens is 5. The van der Waals surface area contributed by atoms with Crippen molar-refractivity contribution in [2.75, 3.05) is 23.3 Å². The van der Waals surface area contributed by atoms with Crippen molar-refractivity contribution in [1.29, 1.82) is 0 Å². The van der Waals surface area contributed by atoms with E-state index in [1.165, 1.54) is 23.7 Å². The van der Waals surface area contributed by atoms with Gasteiger partial charge in [0.05, 0.1) is 5.02 Å². The third kappa shape index (κ3) is 4.07. The normalized spacial score (nSPS) is 15.0. The second kappa shape index (κ2) is 8.05. The molecule has 5 rings (SSSR count). The van der Waals surface area contributed by atoms with Crippen LogP contribution in [0.4, 0.5) is 15.5 Å². The first-order chi connectivity index (χ1) is 15.0. The number of anilines is 2. The van der Waals surface area contributed by atoms with E-state index in [1.54, 1.807) is 10.6 Å². The Balaban J connectivity index is 1.37. The summed E-state index contributed by atoms with van der Waals surface area (Å²) in [4.78, 5) is 11.5. The lowest BCUT2D eigenvalue weighted by atomic mass is 10.1. The SMILES string of the molecule is Cc1cc(-c2ccc(F)cc2Cl)c2nc(NC3CCN(c4nc(C)ns4)CC3)nn2c1. The van der Waals surface area contributed by atoms with E-state index >= 15 is 0 Å². The van der Waals surface area contributed by atoms with E-state index < -0.39 is 0 Å². The highest BCUT2D eigenvalue weighted by Crippen LogP contribution is 2.32. The van der Waals surface area contributed by atoms with E-state index in [1.807, 2.05) is 26.1 Å². The van der Waals surface area contributed by atoms with Crippen molar-refractivity contribution in [2.24, 2.45) is 0 Å². The first kappa shape index (κ1) is 20.1. The zero-order valence-electron chi connectivity index (χ0n) is 17.1. The molecule has 0 aliphatic carbocycles. The van der Waals surface area contributed by atoms with Crippen LogP contribution in [0.2, 0.25) is 5.02 Å². The van der Waals surface area contributed by atoms with Gasteiger partial charge >= 0.3 is 0 Å². The van der Waals surface area contributed by atoms with Gasteiger partial charge in [0.2, 0.25) is 11.1 Å². The monoisotopic (exact) mass is 457 g/mol. The number of benzene rings is 1. The van der Waals surface area contributed by atoms with Gasteiger partial charge in [-0.1, -0.05) is 11.6 Å². The first-order valence-corrected chi connectivity index (χ1v) is 11.3. The molecule has 1 aliphatic rings. The van der Waals surface area contributed by atoms with Gasteiger partial charge in [-0.2, -0.15) is 9.36 Å². The summed E-state index contributed by atoms with van der Waals surface area (Å²) in [7, 11) is 0. The Labute approximate surface area is 188 Å². The number of fused-ring (bicyclic) bond motifs is 1. The summed E-state index contributed by atoms with van der Waals surface area (Å²) in [5.74, 6) is 1.04. The summed E-state index contributed by atoms with van der Waals surface area (Å²) in [6.45, 7) is 5.73. The molecule has 0 saturated carbocycles. The van der Waals surface area contributed by atoms with Crippen LogP contribution in [0.25, 0.3) is 16.8 Å². The molecule has 160 valence electrons. The lowest BCUT2D eigenvalue weighted by Gasteiger charge is -2.31. The van der Waals surface area contributed by atoms with Crippen LogP contribution < -0.4 is 10.2 Å². The second-order valence-electron chi connectivity index (χ2n) is 7.79. The number of halogens is 2. The molecule has 1 N–H and O–H groups in total. The van der Waals surface area contributed by atoms with Gasteiger partial charge in [-0.3, -0.25) is 0 Å². The van der Waals surface area contributed by atoms with Crippen LogP contribution in [0.3, 0.4) is 0 Å². The smallest absolute Gasteiger partial charge is 0.243 e. The third-order valence-corrected chi connectivity index (χ3v) is 6.59. The van der Waals surface area contributed by atoms with Gasteiger partial charge in [0.15, 0.2) is 5.65 Å². The second-order valence-corrected chi connectivity index (χ2v) is 8.93. The van der Waals surface area contributed by atoms with Gasteiger partial charge < -0.3 is 10.2 Å². The maximum atomic E-state index is 13.5. The molecule has 1 aliphatic heterocycles. The number of aryl methyl sites for hydroxylation is 2. The minimum atomic E-state index is -0.365. The van der Waals surface area contributed by atoms with Crippen molar-refractivity contribution in [1.82, 2.24) is 24.0 Å². The highest BCUT2D eigenvalue weighted by atomic mass is 35.5. The highest BCUT2D eigenvalue weighted by Gasteiger charge is 2.23. The fraction of sp³-hybridized carbons (Fsp3) is 0.333. The molecule has 4 aromatic rings. The number of piperidine rings is 1. The number of pyridine rings is 1. The Hall–Kier alpha value is -2.78. The van der Waals surface area contributed by atoms with Crippen molar-refractivity contribution < 1.29 is 4.39 Å². The standard InChI is InChI=1S/C21H21ClFN7S/c1-12-9-17(16-4-3-14(23)10-18(16)22)19-26-20(27-30(19)11-12)25-15-5-7-29(8-6-15)21-24-13(2)28-31-21/h3-4,9-11,15H,5-8H2,1-2H3,(H,25,27). The Morgan fingerprint density at radius 1 is 1.13 bits per heavy atom. The topological polar surface area (TPSA) is 71.2 Å². The maximum Gasteiger partial charge on any atom is 0.243 e. The van der Waals surface area contributed by atoms with Crippen LogP contribution in [0.1, 0.15) is 24.2 Å². The lowest BCUT2D eigenvalue weighted by molar-refractivity contribution is 0.523. The van der Waals surface area contributed by atoms with Crippen LogP contribution in [-0.4, -0.2) is 43.1 Å². The number of nitrogens with one attached hydrogen (secondary N) is 1. The Bertz CT molecular complexity index is 1250. The number of hydrogen-bond donors (Lipinski definition) is 1. The molecule has 0 spiro atoms. The number of nitrogens with zero attached hydrogens (tertiary/aromatic N) is 6. The Kier molecular flexibility index (Phi) is 5.23. The van der Waals surface area contributed by atoms with E-state index in [2.05, 4.69) is 24.7 Å². The van der Waals surface area contributed by atoms with Gasteiger partial charge in [-0.05, 0) is 56.5 Å². The fourth-order valence-electron chi connectivity index (χ4n) is 3.90. The van der Waals surface area contributed by atoms with Gasteiger partial charge in [0.25, 0.3) is 0 Å². The Morgan fingerprint density at radius 2 is 1.94 bits per heavy atom. The van der Waals surface area contributed by atoms with E-state index in [0.29, 0.717) is 16.6 Å². The first-order valence-electron chi connectivity index (χ1n) is 10.1. The van der Waals surface area contributed by atoms with Crippen LogP contribution in [0.15, 0.2) is 30.5 Å². The van der Waals surface area contributed by atoms with E-state index in [9.17, 15) is 4.39 Å². The van der Waals surface area contributed by atoms with Gasteiger partial charge in [-0.25, -0.2) is 13.9 Å². The van der Waals surface area contributed by atoms with Gasteiger partial charge in [-0.15, -0.1) is 5.10 Å². The molecule has 7 nitrogen and oxygen atoms in total. The largest absolute Gasteiger partial charge is 0.350 e. The summed E-state index contributed by atoms with van der Waals surface area (Å²) >= 11 is 7.77. The van der Waals surface area contributed by atoms with Crippen LogP contribution in [-0.2, 0) is 0 Å². The number of rotatable bonds is 4. The summed E-state index contributed by atoms with van der Waals surface area (Å²) < 4.78 is 19.6. The molecule has 1 fully saturated rings. The molecular formula is C21H21ClFN7S. The van der Waals surface area contributed by atoms with Crippen molar-refractivity contribution in [3.63, 3.8) is 0 Å². The molecule has 1 aromatic carbocycles. The summed E-state index contributed by atoms with van der Waals surface area (Å²) in [5.41, 5.74) is 3.26. The summed E-state index contributed by atoms with van der Waals surface area (Å²) in [6, 6.07) is 6.68. The average molecular weight is 458 g/mol. The molecule has 0 atom stereocenters. The van der Waals surface area contributed by atoms with Crippen LogP contribution >= 0.6 is 23.1 Å². The summed E-state index contributed by atoms with van der Waals surface area (Å²) in [5, 5.41) is 9.43.